The minimum atomic E-state index is -0.0212. The topological polar surface area (TPSA) is 73.6 Å². The number of fused-ring (bicyclic) bond motifs is 2. The lowest BCUT2D eigenvalue weighted by Crippen LogP contribution is -2.28. The summed E-state index contributed by atoms with van der Waals surface area (Å²) in [6, 6.07) is 16.3. The van der Waals surface area contributed by atoms with Crippen LogP contribution in [0.3, 0.4) is 0 Å². The van der Waals surface area contributed by atoms with Crippen molar-refractivity contribution in [2.24, 2.45) is 5.92 Å². The first-order valence-corrected chi connectivity index (χ1v) is 9.01. The maximum absolute atomic E-state index is 12.6. The molecule has 5 heteroatoms. The van der Waals surface area contributed by atoms with E-state index in [1.165, 1.54) is 5.39 Å². The number of aromatic amines is 2. The van der Waals surface area contributed by atoms with Crippen molar-refractivity contribution in [2.45, 2.75) is 25.3 Å². The molecule has 2 aromatic heterocycles. The van der Waals surface area contributed by atoms with Crippen LogP contribution in [-0.4, -0.2) is 20.9 Å². The maximum atomic E-state index is 12.6. The summed E-state index contributed by atoms with van der Waals surface area (Å²) in [6.07, 6.45) is 2.79. The number of hydrogen-bond donors (Lipinski definition) is 3. The van der Waals surface area contributed by atoms with E-state index in [-0.39, 0.29) is 23.8 Å². The van der Waals surface area contributed by atoms with Gasteiger partial charge in [0.05, 0.1) is 17.1 Å². The number of carbonyl (C=O) groups excluding carboxylic acids is 1. The zero-order chi connectivity index (χ0) is 17.7. The Hall–Kier alpha value is -3.08. The van der Waals surface area contributed by atoms with E-state index in [0.717, 1.165) is 34.4 Å². The lowest BCUT2D eigenvalue weighted by atomic mass is 10.1. The Morgan fingerprint density at radius 3 is 2.96 bits per heavy atom. The van der Waals surface area contributed by atoms with Gasteiger partial charge < -0.3 is 15.3 Å². The number of carbonyl (C=O) groups is 1. The van der Waals surface area contributed by atoms with Crippen LogP contribution in [0.2, 0.25) is 0 Å². The van der Waals surface area contributed by atoms with Gasteiger partial charge in [-0.2, -0.15) is 0 Å². The van der Waals surface area contributed by atoms with E-state index in [0.29, 0.717) is 0 Å². The largest absolute Gasteiger partial charge is 0.361 e. The molecule has 0 saturated heterocycles. The Balaban J connectivity index is 1.28. The van der Waals surface area contributed by atoms with Crippen LogP contribution in [0.25, 0.3) is 21.9 Å². The van der Waals surface area contributed by atoms with Crippen LogP contribution in [0.15, 0.2) is 54.7 Å². The first-order chi connectivity index (χ1) is 12.7. The lowest BCUT2D eigenvalue weighted by Gasteiger charge is -2.14. The predicted molar refractivity (Wildman–Crippen MR) is 102 cm³/mol. The first-order valence-electron chi connectivity index (χ1n) is 9.01. The zero-order valence-corrected chi connectivity index (χ0v) is 14.5. The molecule has 2 aromatic carbocycles. The van der Waals surface area contributed by atoms with Gasteiger partial charge in [0.15, 0.2) is 0 Å². The number of imidazole rings is 1. The molecular formula is C21H20N4O. The predicted octanol–water partition coefficient (Wildman–Crippen LogP) is 4.03. The number of nitrogens with one attached hydrogen (secondary N) is 3. The number of rotatable bonds is 4. The Morgan fingerprint density at radius 1 is 1.19 bits per heavy atom. The number of para-hydroxylation sites is 2. The monoisotopic (exact) mass is 344 g/mol. The Bertz CT molecular complexity index is 1080. The number of nitrogens with zero attached hydrogens (tertiary/aromatic N) is 1. The van der Waals surface area contributed by atoms with Crippen molar-refractivity contribution >= 4 is 27.8 Å². The van der Waals surface area contributed by atoms with Crippen molar-refractivity contribution in [2.75, 3.05) is 0 Å². The normalized spacial score (nSPS) is 20.3. The summed E-state index contributed by atoms with van der Waals surface area (Å²) >= 11 is 0. The molecule has 4 aromatic rings. The highest BCUT2D eigenvalue weighted by Crippen LogP contribution is 2.47. The van der Waals surface area contributed by atoms with Crippen LogP contribution in [0.1, 0.15) is 36.7 Å². The molecule has 2 heterocycles. The fraction of sp³-hybridized carbons (Fsp3) is 0.238. The maximum Gasteiger partial charge on any atom is 0.224 e. The molecule has 1 fully saturated rings. The molecule has 5 rings (SSSR count). The van der Waals surface area contributed by atoms with Crippen LogP contribution in [0.4, 0.5) is 0 Å². The number of hydrogen-bond acceptors (Lipinski definition) is 2. The molecular weight excluding hydrogens is 324 g/mol. The van der Waals surface area contributed by atoms with Gasteiger partial charge >= 0.3 is 0 Å². The number of aromatic nitrogens is 3. The average Bonchev–Trinajstić information content (AvgIpc) is 3.12. The SMILES string of the molecule is C[C@@H](NC(=O)[C@H]1C[C@@H]1c1nc2ccccc2[nH]1)c1ccc2cc[nH]c2c1. The quantitative estimate of drug-likeness (QED) is 0.523. The molecule has 3 N–H and O–H groups in total. The zero-order valence-electron chi connectivity index (χ0n) is 14.5. The van der Waals surface area contributed by atoms with Gasteiger partial charge in [0, 0.05) is 23.5 Å². The van der Waals surface area contributed by atoms with Crippen LogP contribution in [0, 0.1) is 5.92 Å². The Labute approximate surface area is 150 Å². The number of H-pyrrole nitrogens is 2. The van der Waals surface area contributed by atoms with Crippen molar-refractivity contribution in [1.82, 2.24) is 20.3 Å². The van der Waals surface area contributed by atoms with Crippen molar-refractivity contribution in [3.63, 3.8) is 0 Å². The fourth-order valence-corrected chi connectivity index (χ4v) is 3.67. The Morgan fingerprint density at radius 2 is 2.08 bits per heavy atom. The van der Waals surface area contributed by atoms with Gasteiger partial charge in [0.2, 0.25) is 5.91 Å². The molecule has 3 atom stereocenters. The highest BCUT2D eigenvalue weighted by molar-refractivity contribution is 5.84. The van der Waals surface area contributed by atoms with Gasteiger partial charge in [0.25, 0.3) is 0 Å². The smallest absolute Gasteiger partial charge is 0.224 e. The molecule has 26 heavy (non-hydrogen) atoms. The summed E-state index contributed by atoms with van der Waals surface area (Å²) in [7, 11) is 0. The summed E-state index contributed by atoms with van der Waals surface area (Å²) in [5, 5.41) is 4.33. The van der Waals surface area contributed by atoms with E-state index < -0.39 is 0 Å². The molecule has 5 nitrogen and oxygen atoms in total. The lowest BCUT2D eigenvalue weighted by molar-refractivity contribution is -0.123. The van der Waals surface area contributed by atoms with Gasteiger partial charge in [-0.3, -0.25) is 4.79 Å². The third kappa shape index (κ3) is 2.56. The van der Waals surface area contributed by atoms with E-state index in [9.17, 15) is 4.79 Å². The van der Waals surface area contributed by atoms with E-state index in [4.69, 9.17) is 0 Å². The summed E-state index contributed by atoms with van der Waals surface area (Å²) in [4.78, 5) is 23.8. The molecule has 130 valence electrons. The summed E-state index contributed by atoms with van der Waals surface area (Å²) < 4.78 is 0. The molecule has 0 unspecified atom stereocenters. The van der Waals surface area contributed by atoms with Crippen molar-refractivity contribution < 1.29 is 4.79 Å². The molecule has 0 radical (unpaired) electrons. The van der Waals surface area contributed by atoms with E-state index >= 15 is 0 Å². The third-order valence-corrected chi connectivity index (χ3v) is 5.32. The molecule has 0 spiro atoms. The molecule has 0 aliphatic heterocycles. The van der Waals surface area contributed by atoms with Gasteiger partial charge in [-0.1, -0.05) is 24.3 Å². The molecule has 1 amide bonds. The minimum absolute atomic E-state index is 0.00670. The van der Waals surface area contributed by atoms with Crippen molar-refractivity contribution in [3.05, 3.63) is 66.1 Å². The minimum Gasteiger partial charge on any atom is -0.361 e. The van der Waals surface area contributed by atoms with Gasteiger partial charge in [-0.15, -0.1) is 0 Å². The van der Waals surface area contributed by atoms with E-state index in [2.05, 4.69) is 38.5 Å². The Kier molecular flexibility index (Phi) is 3.35. The summed E-state index contributed by atoms with van der Waals surface area (Å²) in [5.41, 5.74) is 4.19. The second kappa shape index (κ2) is 5.73. The van der Waals surface area contributed by atoms with E-state index in [1.807, 2.05) is 43.5 Å². The first kappa shape index (κ1) is 15.2. The molecule has 1 aliphatic carbocycles. The van der Waals surface area contributed by atoms with Crippen LogP contribution in [-0.2, 0) is 4.79 Å². The van der Waals surface area contributed by atoms with Crippen molar-refractivity contribution in [1.29, 1.82) is 0 Å². The average molecular weight is 344 g/mol. The van der Waals surface area contributed by atoms with Gasteiger partial charge in [0.1, 0.15) is 5.82 Å². The fourth-order valence-electron chi connectivity index (χ4n) is 3.67. The molecule has 0 bridgehead atoms. The van der Waals surface area contributed by atoms with Gasteiger partial charge in [-0.05, 0) is 48.6 Å². The van der Waals surface area contributed by atoms with Crippen molar-refractivity contribution in [3.8, 4) is 0 Å². The number of amides is 1. The molecule has 1 saturated carbocycles. The van der Waals surface area contributed by atoms with E-state index in [1.54, 1.807) is 0 Å². The van der Waals surface area contributed by atoms with Crippen LogP contribution >= 0.6 is 0 Å². The second-order valence-electron chi connectivity index (χ2n) is 7.14. The second-order valence-corrected chi connectivity index (χ2v) is 7.14. The van der Waals surface area contributed by atoms with Crippen LogP contribution < -0.4 is 5.32 Å². The summed E-state index contributed by atoms with van der Waals surface area (Å²) in [6.45, 7) is 2.03. The van der Waals surface area contributed by atoms with Gasteiger partial charge in [-0.25, -0.2) is 4.98 Å². The third-order valence-electron chi connectivity index (χ3n) is 5.32. The highest BCUT2D eigenvalue weighted by atomic mass is 16.2. The van der Waals surface area contributed by atoms with Crippen LogP contribution in [0.5, 0.6) is 0 Å². The molecule has 1 aliphatic rings. The summed E-state index contributed by atoms with van der Waals surface area (Å²) in [5.74, 6) is 1.23. The highest BCUT2D eigenvalue weighted by Gasteiger charge is 2.46. The standard InChI is InChI=1S/C21H20N4O/c1-12(14-7-6-13-8-9-22-19(13)10-14)23-21(26)16-11-15(16)20-24-17-4-2-3-5-18(17)25-20/h2-10,12,15-16,22H,11H2,1H3,(H,23,26)(H,24,25)/t12-,15+,16+/m1/s1. The number of benzene rings is 2.